The van der Waals surface area contributed by atoms with Crippen molar-refractivity contribution in [2.45, 2.75) is 37.1 Å². The molecule has 0 spiro atoms. The average molecular weight is 379 g/mol. The molecule has 1 aliphatic carbocycles. The first-order chi connectivity index (χ1) is 13.8. The Morgan fingerprint density at radius 3 is 2.75 bits per heavy atom. The zero-order valence-electron chi connectivity index (χ0n) is 16.4. The molecule has 2 N–H and O–H groups in total. The summed E-state index contributed by atoms with van der Waals surface area (Å²) in [5, 5.41) is 6.71. The summed E-state index contributed by atoms with van der Waals surface area (Å²) in [5.41, 5.74) is 2.63. The summed E-state index contributed by atoms with van der Waals surface area (Å²) in [6.07, 6.45) is 8.50. The van der Waals surface area contributed by atoms with Gasteiger partial charge >= 0.3 is 0 Å². The van der Waals surface area contributed by atoms with Crippen molar-refractivity contribution < 1.29 is 4.79 Å². The van der Waals surface area contributed by atoms with Crippen LogP contribution in [0.1, 0.15) is 42.9 Å². The second-order valence-corrected chi connectivity index (χ2v) is 8.11. The van der Waals surface area contributed by atoms with Crippen LogP contribution in [0.5, 0.6) is 0 Å². The van der Waals surface area contributed by atoms with Crippen LogP contribution in [0.25, 0.3) is 0 Å². The molecule has 1 atom stereocenters. The fraction of sp³-hybridized carbons (Fsp3) is 0.478. The second-order valence-electron chi connectivity index (χ2n) is 8.11. The number of piperazine rings is 1. The Labute approximate surface area is 167 Å². The average Bonchev–Trinajstić information content (AvgIpc) is 3.24. The van der Waals surface area contributed by atoms with Gasteiger partial charge in [0.05, 0.1) is 6.54 Å². The number of benzene rings is 1. The second kappa shape index (κ2) is 8.84. The molecule has 1 aliphatic heterocycles. The SMILES string of the molecule is O=C(CN1CCNCC1c1cccnc1)NCC1(c2ccccc2)CCCC1. The largest absolute Gasteiger partial charge is 0.354 e. The molecule has 1 amide bonds. The van der Waals surface area contributed by atoms with E-state index in [1.165, 1.54) is 24.0 Å². The lowest BCUT2D eigenvalue weighted by molar-refractivity contribution is -0.123. The highest BCUT2D eigenvalue weighted by Crippen LogP contribution is 2.40. The molecule has 1 saturated carbocycles. The van der Waals surface area contributed by atoms with Gasteiger partial charge in [0.25, 0.3) is 0 Å². The van der Waals surface area contributed by atoms with E-state index in [1.807, 2.05) is 12.3 Å². The Balaban J connectivity index is 1.39. The zero-order valence-corrected chi connectivity index (χ0v) is 16.4. The molecule has 1 unspecified atom stereocenters. The number of pyridine rings is 1. The molecule has 2 aliphatic rings. The molecule has 28 heavy (non-hydrogen) atoms. The molecule has 1 aromatic heterocycles. The smallest absolute Gasteiger partial charge is 0.234 e. The van der Waals surface area contributed by atoms with Crippen molar-refractivity contribution in [3.05, 3.63) is 66.0 Å². The van der Waals surface area contributed by atoms with Gasteiger partial charge in [0.15, 0.2) is 0 Å². The molecule has 4 rings (SSSR count). The molecule has 1 aromatic carbocycles. The van der Waals surface area contributed by atoms with Crippen LogP contribution < -0.4 is 10.6 Å². The number of carbonyl (C=O) groups is 1. The van der Waals surface area contributed by atoms with Crippen molar-refractivity contribution in [3.8, 4) is 0 Å². The van der Waals surface area contributed by atoms with Gasteiger partial charge in [-0.2, -0.15) is 0 Å². The quantitative estimate of drug-likeness (QED) is 0.811. The first-order valence-electron chi connectivity index (χ1n) is 10.4. The molecule has 5 heteroatoms. The number of hydrogen-bond acceptors (Lipinski definition) is 4. The number of nitrogens with zero attached hydrogens (tertiary/aromatic N) is 2. The van der Waals surface area contributed by atoms with Crippen molar-refractivity contribution in [1.82, 2.24) is 20.5 Å². The lowest BCUT2D eigenvalue weighted by atomic mass is 9.79. The zero-order chi connectivity index (χ0) is 19.2. The number of rotatable bonds is 6. The predicted octanol–water partition coefficient (Wildman–Crippen LogP) is 2.66. The molecule has 1 saturated heterocycles. The van der Waals surface area contributed by atoms with Gasteiger partial charge in [-0.3, -0.25) is 14.7 Å². The molecule has 148 valence electrons. The summed E-state index contributed by atoms with van der Waals surface area (Å²) >= 11 is 0. The van der Waals surface area contributed by atoms with Crippen molar-refractivity contribution in [2.24, 2.45) is 0 Å². The van der Waals surface area contributed by atoms with E-state index in [0.29, 0.717) is 6.54 Å². The van der Waals surface area contributed by atoms with E-state index in [2.05, 4.69) is 56.9 Å². The molecule has 2 heterocycles. The maximum Gasteiger partial charge on any atom is 0.234 e. The highest BCUT2D eigenvalue weighted by molar-refractivity contribution is 5.78. The van der Waals surface area contributed by atoms with Gasteiger partial charge in [-0.25, -0.2) is 0 Å². The molecular weight excluding hydrogens is 348 g/mol. The molecule has 2 aromatic rings. The Morgan fingerprint density at radius 2 is 2.00 bits per heavy atom. The maximum atomic E-state index is 12.8. The van der Waals surface area contributed by atoms with Crippen LogP contribution in [-0.4, -0.2) is 48.5 Å². The van der Waals surface area contributed by atoms with Crippen LogP contribution in [0.3, 0.4) is 0 Å². The van der Waals surface area contributed by atoms with Gasteiger partial charge in [-0.1, -0.05) is 49.2 Å². The topological polar surface area (TPSA) is 57.3 Å². The minimum absolute atomic E-state index is 0.100. The molecule has 0 bridgehead atoms. The summed E-state index contributed by atoms with van der Waals surface area (Å²) in [5.74, 6) is 0.123. The van der Waals surface area contributed by atoms with Crippen LogP contribution in [0, 0.1) is 0 Å². The summed E-state index contributed by atoms with van der Waals surface area (Å²) < 4.78 is 0. The Hall–Kier alpha value is -2.24. The lowest BCUT2D eigenvalue weighted by Crippen LogP contribution is -2.50. The Morgan fingerprint density at radius 1 is 1.18 bits per heavy atom. The number of aromatic nitrogens is 1. The highest BCUT2D eigenvalue weighted by atomic mass is 16.2. The molecular formula is C23H30N4O. The summed E-state index contributed by atoms with van der Waals surface area (Å²) in [4.78, 5) is 19.3. The first kappa shape index (κ1) is 19.1. The number of hydrogen-bond donors (Lipinski definition) is 2. The summed E-state index contributed by atoms with van der Waals surface area (Å²) in [7, 11) is 0. The van der Waals surface area contributed by atoms with E-state index >= 15 is 0 Å². The molecule has 5 nitrogen and oxygen atoms in total. The maximum absolute atomic E-state index is 12.8. The third-order valence-corrected chi connectivity index (χ3v) is 6.34. The van der Waals surface area contributed by atoms with Crippen LogP contribution in [0.15, 0.2) is 54.9 Å². The van der Waals surface area contributed by atoms with Crippen LogP contribution in [0.4, 0.5) is 0 Å². The highest BCUT2D eigenvalue weighted by Gasteiger charge is 2.36. The number of amides is 1. The third-order valence-electron chi connectivity index (χ3n) is 6.34. The monoisotopic (exact) mass is 378 g/mol. The van der Waals surface area contributed by atoms with Crippen LogP contribution in [-0.2, 0) is 10.2 Å². The Kier molecular flexibility index (Phi) is 6.03. The van der Waals surface area contributed by atoms with Crippen LogP contribution >= 0.6 is 0 Å². The minimum atomic E-state index is 0.100. The van der Waals surface area contributed by atoms with E-state index in [1.54, 1.807) is 6.20 Å². The molecule has 2 fully saturated rings. The van der Waals surface area contributed by atoms with Gasteiger partial charge in [0.2, 0.25) is 5.91 Å². The summed E-state index contributed by atoms with van der Waals surface area (Å²) in [6, 6.07) is 15.0. The van der Waals surface area contributed by atoms with Gasteiger partial charge in [-0.05, 0) is 30.0 Å². The lowest BCUT2D eigenvalue weighted by Gasteiger charge is -2.36. The van der Waals surface area contributed by atoms with E-state index in [4.69, 9.17) is 0 Å². The van der Waals surface area contributed by atoms with E-state index in [9.17, 15) is 4.79 Å². The van der Waals surface area contributed by atoms with E-state index in [0.717, 1.165) is 39.0 Å². The first-order valence-corrected chi connectivity index (χ1v) is 10.4. The fourth-order valence-corrected chi connectivity index (χ4v) is 4.76. The fourth-order valence-electron chi connectivity index (χ4n) is 4.76. The third kappa shape index (κ3) is 4.26. The van der Waals surface area contributed by atoms with Gasteiger partial charge < -0.3 is 10.6 Å². The van der Waals surface area contributed by atoms with Gasteiger partial charge in [0.1, 0.15) is 0 Å². The molecule has 0 radical (unpaired) electrons. The van der Waals surface area contributed by atoms with E-state index in [-0.39, 0.29) is 17.4 Å². The number of carbonyl (C=O) groups excluding carboxylic acids is 1. The Bertz CT molecular complexity index is 759. The van der Waals surface area contributed by atoms with Gasteiger partial charge in [0, 0.05) is 50.0 Å². The van der Waals surface area contributed by atoms with Gasteiger partial charge in [-0.15, -0.1) is 0 Å². The number of nitrogens with one attached hydrogen (secondary N) is 2. The van der Waals surface area contributed by atoms with E-state index < -0.39 is 0 Å². The van der Waals surface area contributed by atoms with Crippen molar-refractivity contribution >= 4 is 5.91 Å². The predicted molar refractivity (Wildman–Crippen MR) is 111 cm³/mol. The van der Waals surface area contributed by atoms with Crippen molar-refractivity contribution in [1.29, 1.82) is 0 Å². The standard InChI is InChI=1S/C23H30N4O/c28-22(17-27-14-13-25-16-21(27)19-7-6-12-24-15-19)26-18-23(10-4-5-11-23)20-8-2-1-3-9-20/h1-3,6-9,12,15,21,25H,4-5,10-11,13-14,16-18H2,(H,26,28). The summed E-state index contributed by atoms with van der Waals surface area (Å²) in [6.45, 7) is 3.81. The normalized spacial score (nSPS) is 22.1. The minimum Gasteiger partial charge on any atom is -0.354 e. The van der Waals surface area contributed by atoms with Crippen molar-refractivity contribution in [2.75, 3.05) is 32.7 Å². The van der Waals surface area contributed by atoms with Crippen LogP contribution in [0.2, 0.25) is 0 Å². The van der Waals surface area contributed by atoms with Crippen molar-refractivity contribution in [3.63, 3.8) is 0 Å².